The summed E-state index contributed by atoms with van der Waals surface area (Å²) in [4.78, 5) is 41.2. The summed E-state index contributed by atoms with van der Waals surface area (Å²) in [5, 5.41) is 0.470. The van der Waals surface area contributed by atoms with Crippen molar-refractivity contribution >= 4 is 17.8 Å². The summed E-state index contributed by atoms with van der Waals surface area (Å²) in [5.41, 5.74) is 7.08. The van der Waals surface area contributed by atoms with Crippen LogP contribution in [0.5, 0.6) is 0 Å². The number of rotatable bonds is 4. The molecule has 0 saturated heterocycles. The van der Waals surface area contributed by atoms with E-state index in [1.165, 1.54) is 12.1 Å². The first kappa shape index (κ1) is 14.9. The molecule has 0 spiro atoms. The number of hydrogen-bond donors (Lipinski definition) is 1. The molecule has 0 aliphatic carbocycles. The Bertz CT molecular complexity index is 738. The second-order valence-corrected chi connectivity index (χ2v) is 5.16. The van der Waals surface area contributed by atoms with Gasteiger partial charge in [0.1, 0.15) is 6.04 Å². The van der Waals surface area contributed by atoms with Gasteiger partial charge in [-0.2, -0.15) is 0 Å². The molecule has 2 aromatic carbocycles. The molecular formula is C17H14N2O4. The summed E-state index contributed by atoms with van der Waals surface area (Å²) >= 11 is 0. The zero-order chi connectivity index (χ0) is 16.4. The standard InChI is InChI=1S/C17H14N2O4/c18-14(10-11-6-2-1-3-7-11)17(22)23-19-15(20)12-8-4-5-9-13(12)16(19)21/h1-9,14H,10,18H2/t14-/m0/s1. The fraction of sp³-hybridized carbons (Fsp3) is 0.118. The van der Waals surface area contributed by atoms with Crippen LogP contribution in [-0.4, -0.2) is 28.9 Å². The van der Waals surface area contributed by atoms with Crippen LogP contribution >= 0.6 is 0 Å². The van der Waals surface area contributed by atoms with E-state index in [0.29, 0.717) is 5.06 Å². The summed E-state index contributed by atoms with van der Waals surface area (Å²) in [5.74, 6) is -2.15. The van der Waals surface area contributed by atoms with E-state index in [9.17, 15) is 14.4 Å². The Morgan fingerprint density at radius 2 is 1.48 bits per heavy atom. The topological polar surface area (TPSA) is 89.7 Å². The molecule has 0 unspecified atom stereocenters. The van der Waals surface area contributed by atoms with Crippen LogP contribution in [0.4, 0.5) is 0 Å². The molecule has 0 radical (unpaired) electrons. The second kappa shape index (κ2) is 6.02. The van der Waals surface area contributed by atoms with Gasteiger partial charge in [-0.15, -0.1) is 0 Å². The van der Waals surface area contributed by atoms with E-state index in [4.69, 9.17) is 10.6 Å². The molecule has 1 aliphatic heterocycles. The van der Waals surface area contributed by atoms with Gasteiger partial charge in [-0.3, -0.25) is 9.59 Å². The van der Waals surface area contributed by atoms with Crippen LogP contribution in [0.1, 0.15) is 26.3 Å². The van der Waals surface area contributed by atoms with Crippen molar-refractivity contribution in [1.82, 2.24) is 5.06 Å². The second-order valence-electron chi connectivity index (χ2n) is 5.16. The predicted molar refractivity (Wildman–Crippen MR) is 81.2 cm³/mol. The molecular weight excluding hydrogens is 296 g/mol. The van der Waals surface area contributed by atoms with Gasteiger partial charge in [0, 0.05) is 0 Å². The van der Waals surface area contributed by atoms with Crippen molar-refractivity contribution in [2.45, 2.75) is 12.5 Å². The van der Waals surface area contributed by atoms with Crippen LogP contribution in [0.3, 0.4) is 0 Å². The van der Waals surface area contributed by atoms with Gasteiger partial charge in [0.15, 0.2) is 0 Å². The lowest BCUT2D eigenvalue weighted by Crippen LogP contribution is -2.41. The Kier molecular flexibility index (Phi) is 3.91. The maximum Gasteiger partial charge on any atom is 0.350 e. The summed E-state index contributed by atoms with van der Waals surface area (Å²) in [6.07, 6.45) is 0.253. The molecule has 3 rings (SSSR count). The Morgan fingerprint density at radius 3 is 2.04 bits per heavy atom. The highest BCUT2D eigenvalue weighted by atomic mass is 16.7. The molecule has 6 nitrogen and oxygen atoms in total. The fourth-order valence-electron chi connectivity index (χ4n) is 2.36. The SMILES string of the molecule is N[C@@H](Cc1ccccc1)C(=O)ON1C(=O)c2ccccc2C1=O. The Morgan fingerprint density at radius 1 is 0.957 bits per heavy atom. The first-order valence-corrected chi connectivity index (χ1v) is 7.07. The summed E-state index contributed by atoms with van der Waals surface area (Å²) in [7, 11) is 0. The first-order chi connectivity index (χ1) is 11.1. The number of carbonyl (C=O) groups is 3. The highest BCUT2D eigenvalue weighted by molar-refractivity contribution is 6.20. The zero-order valence-electron chi connectivity index (χ0n) is 12.1. The van der Waals surface area contributed by atoms with Gasteiger partial charge in [0.2, 0.25) is 0 Å². The van der Waals surface area contributed by atoms with Gasteiger partial charge in [-0.05, 0) is 24.1 Å². The maximum atomic E-state index is 12.1. The van der Waals surface area contributed by atoms with Gasteiger partial charge < -0.3 is 10.6 Å². The molecule has 2 amide bonds. The molecule has 2 N–H and O–H groups in total. The molecule has 1 heterocycles. The van der Waals surface area contributed by atoms with Crippen LogP contribution in [0.2, 0.25) is 0 Å². The van der Waals surface area contributed by atoms with E-state index in [-0.39, 0.29) is 17.5 Å². The smallest absolute Gasteiger partial charge is 0.328 e. The highest BCUT2D eigenvalue weighted by Crippen LogP contribution is 2.22. The van der Waals surface area contributed by atoms with E-state index in [1.807, 2.05) is 30.3 Å². The van der Waals surface area contributed by atoms with E-state index >= 15 is 0 Å². The van der Waals surface area contributed by atoms with Crippen molar-refractivity contribution in [2.24, 2.45) is 5.73 Å². The molecule has 23 heavy (non-hydrogen) atoms. The van der Waals surface area contributed by atoms with Crippen LogP contribution in [-0.2, 0) is 16.1 Å². The average molecular weight is 310 g/mol. The molecule has 0 bridgehead atoms. The van der Waals surface area contributed by atoms with E-state index in [2.05, 4.69) is 0 Å². The number of hydroxylamine groups is 2. The van der Waals surface area contributed by atoms with Gasteiger partial charge in [-0.1, -0.05) is 47.5 Å². The molecule has 1 atom stereocenters. The van der Waals surface area contributed by atoms with Gasteiger partial charge in [0.25, 0.3) is 11.8 Å². The largest absolute Gasteiger partial charge is 0.350 e. The van der Waals surface area contributed by atoms with Crippen molar-refractivity contribution < 1.29 is 19.2 Å². The van der Waals surface area contributed by atoms with Crippen LogP contribution in [0.15, 0.2) is 54.6 Å². The van der Waals surface area contributed by atoms with Crippen LogP contribution < -0.4 is 5.73 Å². The lowest BCUT2D eigenvalue weighted by Gasteiger charge is -2.16. The normalized spacial score (nSPS) is 14.6. The minimum Gasteiger partial charge on any atom is -0.328 e. The average Bonchev–Trinajstić information content (AvgIpc) is 2.81. The predicted octanol–water partition coefficient (Wildman–Crippen LogP) is 1.31. The first-order valence-electron chi connectivity index (χ1n) is 7.07. The third-order valence-corrected chi connectivity index (χ3v) is 3.54. The van der Waals surface area contributed by atoms with Crippen molar-refractivity contribution in [2.75, 3.05) is 0 Å². The number of hydrogen-bond acceptors (Lipinski definition) is 5. The minimum atomic E-state index is -0.971. The van der Waals surface area contributed by atoms with Gasteiger partial charge in [-0.25, -0.2) is 4.79 Å². The summed E-state index contributed by atoms with van der Waals surface area (Å²) in [6, 6.07) is 14.5. The molecule has 2 aromatic rings. The highest BCUT2D eigenvalue weighted by Gasteiger charge is 2.39. The van der Waals surface area contributed by atoms with Crippen molar-refractivity contribution in [3.63, 3.8) is 0 Å². The molecule has 116 valence electrons. The van der Waals surface area contributed by atoms with Crippen LogP contribution in [0.25, 0.3) is 0 Å². The molecule has 6 heteroatoms. The third-order valence-electron chi connectivity index (χ3n) is 3.54. The van der Waals surface area contributed by atoms with Crippen molar-refractivity contribution in [1.29, 1.82) is 0 Å². The Labute approximate surface area is 132 Å². The number of nitrogens with two attached hydrogens (primary N) is 1. The monoisotopic (exact) mass is 310 g/mol. The van der Waals surface area contributed by atoms with E-state index in [0.717, 1.165) is 5.56 Å². The molecule has 0 fully saturated rings. The lowest BCUT2D eigenvalue weighted by molar-refractivity contribution is -0.170. The summed E-state index contributed by atoms with van der Waals surface area (Å²) < 4.78 is 0. The Hall–Kier alpha value is -2.99. The third kappa shape index (κ3) is 2.84. The minimum absolute atomic E-state index is 0.210. The van der Waals surface area contributed by atoms with Gasteiger partial charge >= 0.3 is 5.97 Å². The van der Waals surface area contributed by atoms with Crippen LogP contribution in [0, 0.1) is 0 Å². The number of benzene rings is 2. The Balaban J connectivity index is 1.69. The van der Waals surface area contributed by atoms with Crippen molar-refractivity contribution in [3.05, 3.63) is 71.3 Å². The number of imide groups is 1. The number of amides is 2. The van der Waals surface area contributed by atoms with E-state index < -0.39 is 23.8 Å². The summed E-state index contributed by atoms with van der Waals surface area (Å²) in [6.45, 7) is 0. The number of carbonyl (C=O) groups excluding carboxylic acids is 3. The molecule has 0 aromatic heterocycles. The maximum absolute atomic E-state index is 12.1. The van der Waals surface area contributed by atoms with Crippen molar-refractivity contribution in [3.8, 4) is 0 Å². The quantitative estimate of drug-likeness (QED) is 0.860. The molecule has 0 saturated carbocycles. The zero-order valence-corrected chi connectivity index (χ0v) is 12.1. The van der Waals surface area contributed by atoms with E-state index in [1.54, 1.807) is 12.1 Å². The fourth-order valence-corrected chi connectivity index (χ4v) is 2.36. The molecule has 1 aliphatic rings. The number of nitrogens with zero attached hydrogens (tertiary/aromatic N) is 1. The van der Waals surface area contributed by atoms with Gasteiger partial charge in [0.05, 0.1) is 11.1 Å². The lowest BCUT2D eigenvalue weighted by atomic mass is 10.1. The number of fused-ring (bicyclic) bond motifs is 1.